The van der Waals surface area contributed by atoms with E-state index in [9.17, 15) is 4.79 Å². The van der Waals surface area contributed by atoms with Gasteiger partial charge in [0.25, 0.3) is 0 Å². The number of hydrogen-bond donors (Lipinski definition) is 1. The molecule has 1 heterocycles. The second-order valence-corrected chi connectivity index (χ2v) is 4.46. The van der Waals surface area contributed by atoms with E-state index in [1.54, 1.807) is 6.08 Å². The van der Waals surface area contributed by atoms with E-state index in [1.165, 1.54) is 0 Å². The third-order valence-corrected chi connectivity index (χ3v) is 3.16. The van der Waals surface area contributed by atoms with E-state index in [1.807, 2.05) is 6.08 Å². The Labute approximate surface area is 97.3 Å². The summed E-state index contributed by atoms with van der Waals surface area (Å²) in [5, 5.41) is 2.73. The van der Waals surface area contributed by atoms with Gasteiger partial charge in [-0.25, -0.2) is 0 Å². The zero-order valence-electron chi connectivity index (χ0n) is 8.03. The van der Waals surface area contributed by atoms with Crippen molar-refractivity contribution in [1.29, 1.82) is 0 Å². The molecule has 1 amide bonds. The fraction of sp³-hybridized carbons (Fsp3) is 0.250. The molecule has 0 bridgehead atoms. The molecule has 0 aromatic carbocycles. The Kier molecular flexibility index (Phi) is 2.79. The van der Waals surface area contributed by atoms with Crippen molar-refractivity contribution in [3.63, 3.8) is 0 Å². The van der Waals surface area contributed by atoms with Crippen molar-refractivity contribution in [2.45, 2.75) is 12.5 Å². The summed E-state index contributed by atoms with van der Waals surface area (Å²) >= 11 is 3.40. The van der Waals surface area contributed by atoms with Gasteiger partial charge in [0.05, 0.1) is 0 Å². The summed E-state index contributed by atoms with van der Waals surface area (Å²) in [6.45, 7) is 0. The van der Waals surface area contributed by atoms with Crippen LogP contribution in [0, 0.1) is 18.3 Å². The molecule has 0 saturated carbocycles. The second kappa shape index (κ2) is 4.08. The SMILES string of the molecule is C#CC1NC(=O)C=C1C1C=CC(Br)=CC1. The minimum absolute atomic E-state index is 0.0880. The molecular formula is C12H10BrNO. The van der Waals surface area contributed by atoms with E-state index in [4.69, 9.17) is 6.42 Å². The fourth-order valence-electron chi connectivity index (χ4n) is 1.80. The van der Waals surface area contributed by atoms with Gasteiger partial charge in [0.15, 0.2) is 0 Å². The van der Waals surface area contributed by atoms with Gasteiger partial charge >= 0.3 is 0 Å². The maximum Gasteiger partial charge on any atom is 0.245 e. The maximum atomic E-state index is 11.2. The van der Waals surface area contributed by atoms with Crippen molar-refractivity contribution in [2.24, 2.45) is 5.92 Å². The van der Waals surface area contributed by atoms with Crippen LogP contribution >= 0.6 is 15.9 Å². The van der Waals surface area contributed by atoms with E-state index >= 15 is 0 Å². The van der Waals surface area contributed by atoms with Crippen LogP contribution in [0.2, 0.25) is 0 Å². The quantitative estimate of drug-likeness (QED) is 0.720. The first-order valence-electron chi connectivity index (χ1n) is 4.72. The van der Waals surface area contributed by atoms with Gasteiger partial charge < -0.3 is 5.32 Å². The zero-order valence-corrected chi connectivity index (χ0v) is 9.62. The van der Waals surface area contributed by atoms with Crippen LogP contribution in [0.15, 0.2) is 34.4 Å². The van der Waals surface area contributed by atoms with Gasteiger partial charge in [0, 0.05) is 16.5 Å². The highest BCUT2D eigenvalue weighted by molar-refractivity contribution is 9.11. The lowest BCUT2D eigenvalue weighted by Gasteiger charge is -2.18. The molecule has 1 aliphatic carbocycles. The number of halogens is 1. The van der Waals surface area contributed by atoms with Gasteiger partial charge in [0.1, 0.15) is 6.04 Å². The molecule has 3 heteroatoms. The summed E-state index contributed by atoms with van der Waals surface area (Å²) in [4.78, 5) is 11.2. The predicted molar refractivity (Wildman–Crippen MR) is 63.1 cm³/mol. The lowest BCUT2D eigenvalue weighted by Crippen LogP contribution is -2.28. The maximum absolute atomic E-state index is 11.2. The number of hydrogen-bond acceptors (Lipinski definition) is 1. The monoisotopic (exact) mass is 263 g/mol. The molecule has 0 radical (unpaired) electrons. The summed E-state index contributed by atoms with van der Waals surface area (Å²) < 4.78 is 1.08. The van der Waals surface area contributed by atoms with Crippen LogP contribution in [0.4, 0.5) is 0 Å². The average molecular weight is 264 g/mol. The molecule has 0 aromatic rings. The predicted octanol–water partition coefficient (Wildman–Crippen LogP) is 1.90. The van der Waals surface area contributed by atoms with Crippen molar-refractivity contribution in [1.82, 2.24) is 5.32 Å². The molecular weight excluding hydrogens is 254 g/mol. The number of allylic oxidation sites excluding steroid dienone is 4. The Hall–Kier alpha value is -1.27. The third-order valence-electron chi connectivity index (χ3n) is 2.57. The van der Waals surface area contributed by atoms with Crippen LogP contribution in [0.3, 0.4) is 0 Å². The van der Waals surface area contributed by atoms with Crippen LogP contribution in [-0.4, -0.2) is 11.9 Å². The topological polar surface area (TPSA) is 29.1 Å². The molecule has 2 atom stereocenters. The molecule has 2 rings (SSSR count). The molecule has 1 N–H and O–H groups in total. The smallest absolute Gasteiger partial charge is 0.245 e. The number of carbonyl (C=O) groups is 1. The number of nitrogens with one attached hydrogen (secondary N) is 1. The normalized spacial score (nSPS) is 29.2. The minimum atomic E-state index is -0.238. The molecule has 0 fully saturated rings. The van der Waals surface area contributed by atoms with Crippen molar-refractivity contribution >= 4 is 21.8 Å². The van der Waals surface area contributed by atoms with Gasteiger partial charge in [-0.05, 0) is 12.0 Å². The largest absolute Gasteiger partial charge is 0.335 e. The summed E-state index contributed by atoms with van der Waals surface area (Å²) in [6.07, 6.45) is 14.0. The van der Waals surface area contributed by atoms with E-state index in [2.05, 4.69) is 39.3 Å². The molecule has 0 spiro atoms. The van der Waals surface area contributed by atoms with Gasteiger partial charge in [-0.15, -0.1) is 6.42 Å². The lowest BCUT2D eigenvalue weighted by molar-refractivity contribution is -0.115. The molecule has 15 heavy (non-hydrogen) atoms. The Bertz CT molecular complexity index is 425. The third kappa shape index (κ3) is 2.05. The summed E-state index contributed by atoms with van der Waals surface area (Å²) in [7, 11) is 0. The van der Waals surface area contributed by atoms with Crippen molar-refractivity contribution in [2.75, 3.05) is 0 Å². The molecule has 2 nitrogen and oxygen atoms in total. The Morgan fingerprint density at radius 3 is 3.00 bits per heavy atom. The van der Waals surface area contributed by atoms with Crippen LogP contribution in [0.1, 0.15) is 6.42 Å². The van der Waals surface area contributed by atoms with Gasteiger partial charge in [0.2, 0.25) is 5.91 Å². The van der Waals surface area contributed by atoms with Crippen LogP contribution in [0.25, 0.3) is 0 Å². The zero-order chi connectivity index (χ0) is 10.8. The highest BCUT2D eigenvalue weighted by Gasteiger charge is 2.27. The average Bonchev–Trinajstić information content (AvgIpc) is 2.61. The van der Waals surface area contributed by atoms with E-state index < -0.39 is 0 Å². The first kappa shape index (κ1) is 10.3. The Morgan fingerprint density at radius 2 is 2.40 bits per heavy atom. The highest BCUT2D eigenvalue weighted by Crippen LogP contribution is 2.29. The summed E-state index contributed by atoms with van der Waals surface area (Å²) in [6, 6.07) is -0.238. The fourth-order valence-corrected chi connectivity index (χ4v) is 2.14. The minimum Gasteiger partial charge on any atom is -0.335 e. The van der Waals surface area contributed by atoms with E-state index in [0.29, 0.717) is 0 Å². The summed E-state index contributed by atoms with van der Waals surface area (Å²) in [5.41, 5.74) is 0.995. The molecule has 2 unspecified atom stereocenters. The Morgan fingerprint density at radius 1 is 1.60 bits per heavy atom. The molecule has 2 aliphatic rings. The van der Waals surface area contributed by atoms with E-state index in [0.717, 1.165) is 16.5 Å². The number of rotatable bonds is 1. The van der Waals surface area contributed by atoms with Gasteiger partial charge in [-0.1, -0.05) is 40.1 Å². The number of amides is 1. The van der Waals surface area contributed by atoms with Crippen molar-refractivity contribution in [3.05, 3.63) is 34.4 Å². The summed E-state index contributed by atoms with van der Waals surface area (Å²) in [5.74, 6) is 2.74. The van der Waals surface area contributed by atoms with Crippen molar-refractivity contribution in [3.8, 4) is 12.3 Å². The highest BCUT2D eigenvalue weighted by atomic mass is 79.9. The molecule has 0 aromatic heterocycles. The lowest BCUT2D eigenvalue weighted by atomic mass is 9.89. The molecule has 76 valence electrons. The number of carbonyl (C=O) groups excluding carboxylic acids is 1. The Balaban J connectivity index is 2.19. The van der Waals surface area contributed by atoms with Crippen LogP contribution < -0.4 is 5.32 Å². The second-order valence-electron chi connectivity index (χ2n) is 3.54. The molecule has 0 saturated heterocycles. The number of terminal acetylenes is 1. The van der Waals surface area contributed by atoms with Crippen molar-refractivity contribution < 1.29 is 4.79 Å². The standard InChI is InChI=1S/C12H10BrNO/c1-2-11-10(7-12(15)14-11)8-3-5-9(13)6-4-8/h1,3,5-8,11H,4H2,(H,14,15). The van der Waals surface area contributed by atoms with Crippen LogP contribution in [0.5, 0.6) is 0 Å². The molecule has 1 aliphatic heterocycles. The first-order chi connectivity index (χ1) is 7.20. The van der Waals surface area contributed by atoms with E-state index in [-0.39, 0.29) is 17.9 Å². The first-order valence-corrected chi connectivity index (χ1v) is 5.52. The van der Waals surface area contributed by atoms with Gasteiger partial charge in [-0.2, -0.15) is 0 Å². The van der Waals surface area contributed by atoms with Crippen LogP contribution in [-0.2, 0) is 4.79 Å². The van der Waals surface area contributed by atoms with Gasteiger partial charge in [-0.3, -0.25) is 4.79 Å².